The number of rotatable bonds is 11. The van der Waals surface area contributed by atoms with Crippen LogP contribution in [0.2, 0.25) is 0 Å². The Labute approximate surface area is 147 Å². The zero-order chi connectivity index (χ0) is 19.6. The summed E-state index contributed by atoms with van der Waals surface area (Å²) >= 11 is 0. The molecule has 0 aliphatic carbocycles. The van der Waals surface area contributed by atoms with Crippen molar-refractivity contribution in [3.05, 3.63) is 0 Å². The molecular formula is C15H29N5O5. The van der Waals surface area contributed by atoms with Crippen LogP contribution in [0.3, 0.4) is 0 Å². The monoisotopic (exact) mass is 359 g/mol. The Hall–Kier alpha value is -2.36. The predicted octanol–water partition coefficient (Wildman–Crippen LogP) is -1.12. The van der Waals surface area contributed by atoms with E-state index in [2.05, 4.69) is 16.0 Å². The SMILES string of the molecule is CC(C)C[C@H](NC(=O)[C@@H](C)N)C(=O)N[C@@H](CCCNC(N)=O)C(=O)O. The summed E-state index contributed by atoms with van der Waals surface area (Å²) in [7, 11) is 0. The van der Waals surface area contributed by atoms with Gasteiger partial charge in [0.2, 0.25) is 11.8 Å². The highest BCUT2D eigenvalue weighted by atomic mass is 16.4. The number of carboxylic acids is 1. The lowest BCUT2D eigenvalue weighted by Gasteiger charge is -2.23. The van der Waals surface area contributed by atoms with E-state index >= 15 is 0 Å². The van der Waals surface area contributed by atoms with Gasteiger partial charge >= 0.3 is 12.0 Å². The molecule has 0 heterocycles. The molecule has 0 saturated carbocycles. The molecular weight excluding hydrogens is 330 g/mol. The molecule has 4 amide bonds. The van der Waals surface area contributed by atoms with Crippen molar-refractivity contribution in [2.24, 2.45) is 17.4 Å². The Morgan fingerprint density at radius 2 is 1.56 bits per heavy atom. The molecule has 0 aliphatic heterocycles. The Kier molecular flexibility index (Phi) is 10.2. The largest absolute Gasteiger partial charge is 0.480 e. The molecule has 0 aromatic rings. The highest BCUT2D eigenvalue weighted by Crippen LogP contribution is 2.07. The number of primary amides is 1. The molecule has 0 fully saturated rings. The van der Waals surface area contributed by atoms with E-state index in [1.807, 2.05) is 13.8 Å². The van der Waals surface area contributed by atoms with Crippen molar-refractivity contribution in [1.29, 1.82) is 0 Å². The molecule has 144 valence electrons. The summed E-state index contributed by atoms with van der Waals surface area (Å²) in [6, 6.07) is -3.49. The Morgan fingerprint density at radius 3 is 2.00 bits per heavy atom. The van der Waals surface area contributed by atoms with Gasteiger partial charge in [-0.05, 0) is 32.1 Å². The zero-order valence-electron chi connectivity index (χ0n) is 14.9. The third kappa shape index (κ3) is 10.2. The minimum Gasteiger partial charge on any atom is -0.480 e. The van der Waals surface area contributed by atoms with Gasteiger partial charge in [0.05, 0.1) is 6.04 Å². The minimum atomic E-state index is -1.20. The Balaban J connectivity index is 4.79. The lowest BCUT2D eigenvalue weighted by molar-refractivity contribution is -0.142. The van der Waals surface area contributed by atoms with Gasteiger partial charge in [0, 0.05) is 6.54 Å². The standard InChI is InChI=1S/C15H29N5O5/c1-8(2)7-11(20-12(21)9(3)16)13(22)19-10(14(23)24)5-4-6-18-15(17)25/h8-11H,4-7,16H2,1-3H3,(H,19,22)(H,20,21)(H,23,24)(H3,17,18,25)/t9-,10+,11+/m1/s1. The van der Waals surface area contributed by atoms with Crippen molar-refractivity contribution in [2.45, 2.75) is 58.2 Å². The molecule has 0 aromatic carbocycles. The third-order valence-corrected chi connectivity index (χ3v) is 3.34. The van der Waals surface area contributed by atoms with Crippen LogP contribution < -0.4 is 27.4 Å². The topological polar surface area (TPSA) is 177 Å². The average molecular weight is 359 g/mol. The molecule has 0 spiro atoms. The van der Waals surface area contributed by atoms with Gasteiger partial charge in [-0.3, -0.25) is 9.59 Å². The van der Waals surface area contributed by atoms with Crippen LogP contribution in [0.25, 0.3) is 0 Å². The van der Waals surface area contributed by atoms with Gasteiger partial charge in [0.1, 0.15) is 12.1 Å². The molecule has 0 rings (SSSR count). The van der Waals surface area contributed by atoms with E-state index in [1.165, 1.54) is 6.92 Å². The smallest absolute Gasteiger partial charge is 0.326 e. The zero-order valence-corrected chi connectivity index (χ0v) is 14.9. The molecule has 0 bridgehead atoms. The van der Waals surface area contributed by atoms with E-state index in [0.29, 0.717) is 12.8 Å². The number of hydrogen-bond donors (Lipinski definition) is 6. The number of nitrogens with one attached hydrogen (secondary N) is 3. The number of carboxylic acid groups (broad SMARTS) is 1. The Morgan fingerprint density at radius 1 is 1.00 bits per heavy atom. The number of carbonyl (C=O) groups is 4. The van der Waals surface area contributed by atoms with E-state index < -0.39 is 41.9 Å². The summed E-state index contributed by atoms with van der Waals surface area (Å²) in [6.45, 7) is 5.45. The fourth-order valence-electron chi connectivity index (χ4n) is 2.05. The maximum atomic E-state index is 12.4. The van der Waals surface area contributed by atoms with Crippen molar-refractivity contribution in [3.8, 4) is 0 Å². The van der Waals surface area contributed by atoms with E-state index in [-0.39, 0.29) is 18.9 Å². The van der Waals surface area contributed by atoms with Crippen LogP contribution >= 0.6 is 0 Å². The number of carbonyl (C=O) groups excluding carboxylic acids is 3. The molecule has 3 atom stereocenters. The number of hydrogen-bond acceptors (Lipinski definition) is 5. The van der Waals surface area contributed by atoms with Crippen LogP contribution in [0, 0.1) is 5.92 Å². The highest BCUT2D eigenvalue weighted by Gasteiger charge is 2.27. The van der Waals surface area contributed by atoms with Crippen LogP contribution in [0.4, 0.5) is 4.79 Å². The second-order valence-electron chi connectivity index (χ2n) is 6.31. The first-order valence-electron chi connectivity index (χ1n) is 8.17. The fourth-order valence-corrected chi connectivity index (χ4v) is 2.05. The second kappa shape index (κ2) is 11.2. The van der Waals surface area contributed by atoms with Crippen LogP contribution in [-0.4, -0.2) is 53.6 Å². The van der Waals surface area contributed by atoms with E-state index in [9.17, 15) is 24.3 Å². The maximum Gasteiger partial charge on any atom is 0.326 e. The lowest BCUT2D eigenvalue weighted by atomic mass is 10.0. The van der Waals surface area contributed by atoms with Crippen molar-refractivity contribution >= 4 is 23.8 Å². The molecule has 0 radical (unpaired) electrons. The summed E-state index contributed by atoms with van der Waals surface area (Å²) in [6.07, 6.45) is 0.776. The predicted molar refractivity (Wildman–Crippen MR) is 91.4 cm³/mol. The molecule has 10 heteroatoms. The van der Waals surface area contributed by atoms with Crippen molar-refractivity contribution < 1.29 is 24.3 Å². The van der Waals surface area contributed by atoms with Crippen molar-refractivity contribution in [3.63, 3.8) is 0 Å². The van der Waals surface area contributed by atoms with Gasteiger partial charge in [-0.1, -0.05) is 13.8 Å². The van der Waals surface area contributed by atoms with Gasteiger partial charge < -0.3 is 32.5 Å². The molecule has 0 aliphatic rings. The minimum absolute atomic E-state index is 0.104. The van der Waals surface area contributed by atoms with Crippen molar-refractivity contribution in [2.75, 3.05) is 6.54 Å². The van der Waals surface area contributed by atoms with Gasteiger partial charge in [-0.2, -0.15) is 0 Å². The highest BCUT2D eigenvalue weighted by molar-refractivity contribution is 5.91. The van der Waals surface area contributed by atoms with E-state index in [4.69, 9.17) is 11.5 Å². The van der Waals surface area contributed by atoms with Gasteiger partial charge in [0.25, 0.3) is 0 Å². The quantitative estimate of drug-likeness (QED) is 0.254. The first kappa shape index (κ1) is 22.6. The number of amides is 4. The van der Waals surface area contributed by atoms with Crippen molar-refractivity contribution in [1.82, 2.24) is 16.0 Å². The van der Waals surface area contributed by atoms with E-state index in [0.717, 1.165) is 0 Å². The van der Waals surface area contributed by atoms with Crippen LogP contribution in [0.1, 0.15) is 40.0 Å². The number of aliphatic carboxylic acids is 1. The summed E-state index contributed by atoms with van der Waals surface area (Å²) in [5.74, 6) is -2.17. The summed E-state index contributed by atoms with van der Waals surface area (Å²) in [5.41, 5.74) is 10.4. The molecule has 0 saturated heterocycles. The summed E-state index contributed by atoms with van der Waals surface area (Å²) < 4.78 is 0. The fraction of sp³-hybridized carbons (Fsp3) is 0.733. The lowest BCUT2D eigenvalue weighted by Crippen LogP contribution is -2.54. The van der Waals surface area contributed by atoms with Gasteiger partial charge in [0.15, 0.2) is 0 Å². The van der Waals surface area contributed by atoms with Gasteiger partial charge in [-0.25, -0.2) is 9.59 Å². The summed E-state index contributed by atoms with van der Waals surface area (Å²) in [5, 5.41) is 16.5. The van der Waals surface area contributed by atoms with Crippen LogP contribution in [-0.2, 0) is 14.4 Å². The first-order valence-corrected chi connectivity index (χ1v) is 8.17. The molecule has 0 aromatic heterocycles. The molecule has 0 unspecified atom stereocenters. The summed E-state index contributed by atoms with van der Waals surface area (Å²) in [4.78, 5) is 46.0. The van der Waals surface area contributed by atoms with E-state index in [1.54, 1.807) is 0 Å². The first-order chi connectivity index (χ1) is 11.5. The molecule has 8 N–H and O–H groups in total. The number of nitrogens with two attached hydrogens (primary N) is 2. The Bertz CT molecular complexity index is 481. The van der Waals surface area contributed by atoms with Gasteiger partial charge in [-0.15, -0.1) is 0 Å². The van der Waals surface area contributed by atoms with Crippen LogP contribution in [0.15, 0.2) is 0 Å². The molecule has 25 heavy (non-hydrogen) atoms. The maximum absolute atomic E-state index is 12.4. The number of urea groups is 1. The normalized spacial score (nSPS) is 14.3. The average Bonchev–Trinajstić information content (AvgIpc) is 2.48. The second-order valence-corrected chi connectivity index (χ2v) is 6.31. The third-order valence-electron chi connectivity index (χ3n) is 3.34. The molecule has 10 nitrogen and oxygen atoms in total. The van der Waals surface area contributed by atoms with Crippen LogP contribution in [0.5, 0.6) is 0 Å².